The van der Waals surface area contributed by atoms with Gasteiger partial charge in [-0.3, -0.25) is 4.55 Å². The molecule has 1 aromatic carbocycles. The number of rotatable bonds is 3. The number of fused-ring (bicyclic) bond motifs is 5. The van der Waals surface area contributed by atoms with Gasteiger partial charge in [-0.2, -0.15) is 8.42 Å². The van der Waals surface area contributed by atoms with E-state index in [0.717, 1.165) is 61.4 Å². The maximum atomic E-state index is 12.2. The second kappa shape index (κ2) is 8.53. The highest BCUT2D eigenvalue weighted by molar-refractivity contribution is 7.85. The molecule has 36 heavy (non-hydrogen) atoms. The second-order valence-corrected chi connectivity index (χ2v) is 14.9. The molecular formula is C30H44O5S. The standard InChI is InChI=1S/C30H44O5S/c1-19-5-9-26(36(31,32)33)23(17-19)20-11-13-28(2)21(18-20)6-7-22-24-8-10-27(30(4)34-15-16-35-30)29(24,3)14-12-25(22)28/h5,9,17,20-22,24-25,27H,6-8,10-16,18H2,1-4H3,(H,31,32,33)/t20-,21+,22?,24?,25?,27-,28-,29-/m0/s1. The third kappa shape index (κ3) is 3.76. The number of aryl methyl sites for hydroxylation is 1. The highest BCUT2D eigenvalue weighted by Gasteiger charge is 2.63. The average molecular weight is 517 g/mol. The van der Waals surface area contributed by atoms with Crippen molar-refractivity contribution in [1.29, 1.82) is 0 Å². The molecule has 8 atom stereocenters. The van der Waals surface area contributed by atoms with Gasteiger partial charge in [-0.05, 0) is 124 Å². The summed E-state index contributed by atoms with van der Waals surface area (Å²) < 4.78 is 46.6. The van der Waals surface area contributed by atoms with E-state index in [1.54, 1.807) is 12.1 Å². The molecule has 5 fully saturated rings. The predicted octanol–water partition coefficient (Wildman–Crippen LogP) is 6.75. The van der Waals surface area contributed by atoms with E-state index in [4.69, 9.17) is 9.47 Å². The molecule has 4 aliphatic carbocycles. The van der Waals surface area contributed by atoms with Gasteiger partial charge in [-0.25, -0.2) is 0 Å². The van der Waals surface area contributed by atoms with E-state index < -0.39 is 15.9 Å². The smallest absolute Gasteiger partial charge is 0.294 e. The van der Waals surface area contributed by atoms with Crippen molar-refractivity contribution in [2.45, 2.75) is 102 Å². The Morgan fingerprint density at radius 2 is 1.58 bits per heavy atom. The van der Waals surface area contributed by atoms with Gasteiger partial charge in [0.2, 0.25) is 0 Å². The van der Waals surface area contributed by atoms with Crippen LogP contribution in [0.2, 0.25) is 0 Å². The van der Waals surface area contributed by atoms with Crippen molar-refractivity contribution in [2.75, 3.05) is 13.2 Å². The van der Waals surface area contributed by atoms with Crippen molar-refractivity contribution >= 4 is 10.1 Å². The molecule has 6 rings (SSSR count). The molecule has 1 N–H and O–H groups in total. The quantitative estimate of drug-likeness (QED) is 0.450. The van der Waals surface area contributed by atoms with Gasteiger partial charge in [0.15, 0.2) is 5.79 Å². The molecule has 5 aliphatic rings. The first-order chi connectivity index (χ1) is 17.0. The summed E-state index contributed by atoms with van der Waals surface area (Å²) in [6.07, 6.45) is 10.8. The minimum absolute atomic E-state index is 0.116. The zero-order valence-electron chi connectivity index (χ0n) is 22.5. The van der Waals surface area contributed by atoms with Crippen LogP contribution in [-0.2, 0) is 19.6 Å². The van der Waals surface area contributed by atoms with Crippen molar-refractivity contribution in [3.63, 3.8) is 0 Å². The average Bonchev–Trinajstić information content (AvgIpc) is 3.41. The first kappa shape index (κ1) is 25.3. The second-order valence-electron chi connectivity index (χ2n) is 13.5. The Morgan fingerprint density at radius 1 is 0.889 bits per heavy atom. The van der Waals surface area contributed by atoms with Crippen LogP contribution in [0.4, 0.5) is 0 Å². The summed E-state index contributed by atoms with van der Waals surface area (Å²) >= 11 is 0. The van der Waals surface area contributed by atoms with Crippen LogP contribution < -0.4 is 0 Å². The molecule has 1 heterocycles. The Morgan fingerprint density at radius 3 is 2.31 bits per heavy atom. The summed E-state index contributed by atoms with van der Waals surface area (Å²) in [5.74, 6) is 3.19. The van der Waals surface area contributed by atoms with Crippen molar-refractivity contribution < 1.29 is 22.4 Å². The Hall–Kier alpha value is -0.950. The van der Waals surface area contributed by atoms with Gasteiger partial charge in [0.25, 0.3) is 10.1 Å². The summed E-state index contributed by atoms with van der Waals surface area (Å²) in [7, 11) is -4.22. The van der Waals surface area contributed by atoms with Crippen molar-refractivity contribution in [3.05, 3.63) is 29.3 Å². The van der Waals surface area contributed by atoms with Crippen molar-refractivity contribution in [1.82, 2.24) is 0 Å². The van der Waals surface area contributed by atoms with Crippen LogP contribution in [0.5, 0.6) is 0 Å². The van der Waals surface area contributed by atoms with Gasteiger partial charge >= 0.3 is 0 Å². The van der Waals surface area contributed by atoms with E-state index in [2.05, 4.69) is 20.8 Å². The normalized spacial score (nSPS) is 44.0. The highest BCUT2D eigenvalue weighted by Crippen LogP contribution is 2.69. The number of hydrogen-bond donors (Lipinski definition) is 1. The molecule has 0 aromatic heterocycles. The summed E-state index contributed by atoms with van der Waals surface area (Å²) in [6.45, 7) is 10.7. The molecule has 0 amide bonds. The molecule has 4 saturated carbocycles. The van der Waals surface area contributed by atoms with Gasteiger partial charge in [0, 0.05) is 5.92 Å². The fraction of sp³-hybridized carbons (Fsp3) is 0.800. The lowest BCUT2D eigenvalue weighted by atomic mass is 9.44. The summed E-state index contributed by atoms with van der Waals surface area (Å²) in [4.78, 5) is 0.116. The third-order valence-corrected chi connectivity index (χ3v) is 13.0. The fourth-order valence-electron chi connectivity index (χ4n) is 10.4. The van der Waals surface area contributed by atoms with Gasteiger partial charge in [-0.1, -0.05) is 31.5 Å². The zero-order valence-corrected chi connectivity index (χ0v) is 23.3. The maximum absolute atomic E-state index is 12.2. The van der Waals surface area contributed by atoms with E-state index in [1.807, 2.05) is 13.0 Å². The van der Waals surface area contributed by atoms with E-state index >= 15 is 0 Å². The summed E-state index contributed by atoms with van der Waals surface area (Å²) in [5.41, 5.74) is 2.51. The van der Waals surface area contributed by atoms with Crippen molar-refractivity contribution in [3.8, 4) is 0 Å². The fourth-order valence-corrected chi connectivity index (χ4v) is 11.1. The predicted molar refractivity (Wildman–Crippen MR) is 139 cm³/mol. The van der Waals surface area contributed by atoms with E-state index in [-0.39, 0.29) is 10.8 Å². The zero-order chi connectivity index (χ0) is 25.5. The van der Waals surface area contributed by atoms with Crippen LogP contribution in [0.25, 0.3) is 0 Å². The monoisotopic (exact) mass is 516 g/mol. The van der Waals surface area contributed by atoms with Crippen LogP contribution in [0, 0.1) is 47.3 Å². The molecule has 0 radical (unpaired) electrons. The molecule has 0 bridgehead atoms. The van der Waals surface area contributed by atoms with Crippen LogP contribution >= 0.6 is 0 Å². The number of ether oxygens (including phenoxy) is 2. The lowest BCUT2D eigenvalue weighted by Gasteiger charge is -2.61. The Bertz CT molecular complexity index is 1120. The molecule has 1 aromatic rings. The van der Waals surface area contributed by atoms with Crippen LogP contribution in [0.15, 0.2) is 23.1 Å². The largest absolute Gasteiger partial charge is 0.348 e. The highest BCUT2D eigenvalue weighted by atomic mass is 32.2. The summed E-state index contributed by atoms with van der Waals surface area (Å²) in [6, 6.07) is 5.39. The topological polar surface area (TPSA) is 72.8 Å². The molecule has 5 nitrogen and oxygen atoms in total. The number of hydrogen-bond acceptors (Lipinski definition) is 4. The van der Waals surface area contributed by atoms with Crippen molar-refractivity contribution in [2.24, 2.45) is 40.4 Å². The lowest BCUT2D eigenvalue weighted by Crippen LogP contribution is -2.55. The van der Waals surface area contributed by atoms with Gasteiger partial charge in [0.05, 0.1) is 18.1 Å². The lowest BCUT2D eigenvalue weighted by molar-refractivity contribution is -0.218. The first-order valence-electron chi connectivity index (χ1n) is 14.3. The molecule has 200 valence electrons. The first-order valence-corrected chi connectivity index (χ1v) is 15.8. The minimum atomic E-state index is -4.22. The minimum Gasteiger partial charge on any atom is -0.348 e. The molecule has 3 unspecified atom stereocenters. The van der Waals surface area contributed by atoms with Crippen LogP contribution in [-0.4, -0.2) is 32.0 Å². The van der Waals surface area contributed by atoms with Crippen LogP contribution in [0.1, 0.15) is 95.6 Å². The SMILES string of the molecule is Cc1ccc(S(=O)(=O)O)c([C@H]2CC[C@]3(C)C4CC[C@@]5(C)C(CC[C@@H]5C5(C)OCCO5)C4CC[C@@H]3C2)c1. The van der Waals surface area contributed by atoms with Crippen LogP contribution in [0.3, 0.4) is 0 Å². The molecular weight excluding hydrogens is 472 g/mol. The maximum Gasteiger partial charge on any atom is 0.294 e. The molecule has 1 saturated heterocycles. The van der Waals surface area contributed by atoms with Gasteiger partial charge < -0.3 is 9.47 Å². The summed E-state index contributed by atoms with van der Waals surface area (Å²) in [5, 5.41) is 0. The van der Waals surface area contributed by atoms with E-state index in [1.165, 1.54) is 38.5 Å². The Balaban J connectivity index is 1.24. The molecule has 0 spiro atoms. The Kier molecular flexibility index (Phi) is 6.00. The van der Waals surface area contributed by atoms with E-state index in [9.17, 15) is 13.0 Å². The van der Waals surface area contributed by atoms with Gasteiger partial charge in [0.1, 0.15) is 0 Å². The third-order valence-electron chi connectivity index (χ3n) is 12.0. The number of benzene rings is 1. The van der Waals surface area contributed by atoms with Gasteiger partial charge in [-0.15, -0.1) is 0 Å². The molecule has 6 heteroatoms. The van der Waals surface area contributed by atoms with E-state index in [0.29, 0.717) is 22.7 Å². The Labute approximate surface area is 217 Å². The molecule has 1 aliphatic heterocycles.